The van der Waals surface area contributed by atoms with Gasteiger partial charge in [0, 0.05) is 36.4 Å². The van der Waals surface area contributed by atoms with Gasteiger partial charge in [-0.2, -0.15) is 0 Å². The number of carbonyl (C=O) groups excluding carboxylic acids is 2. The molecule has 4 aliphatic rings. The maximum atomic E-state index is 11.4. The molecule has 6 N–H and O–H groups in total. The molecule has 12 heteroatoms. The van der Waals surface area contributed by atoms with Crippen LogP contribution in [0.1, 0.15) is 26.7 Å². The Balaban J connectivity index is 0.000000191. The highest BCUT2D eigenvalue weighted by Crippen LogP contribution is 2.28. The first kappa shape index (κ1) is 25.9. The second kappa shape index (κ2) is 10.7. The molecule has 2 amide bonds. The van der Waals surface area contributed by atoms with E-state index in [1.165, 1.54) is 0 Å². The van der Waals surface area contributed by atoms with Gasteiger partial charge in [0.2, 0.25) is 0 Å². The third-order valence-corrected chi connectivity index (χ3v) is 5.91. The molecule has 4 aliphatic heterocycles. The van der Waals surface area contributed by atoms with Gasteiger partial charge in [-0.3, -0.25) is 9.59 Å². The highest BCUT2D eigenvalue weighted by atomic mass is 18.2. The Morgan fingerprint density at radius 1 is 0.853 bits per heavy atom. The van der Waals surface area contributed by atoms with Gasteiger partial charge in [-0.1, -0.05) is 13.2 Å². The van der Waals surface area contributed by atoms with E-state index in [2.05, 4.69) is 23.8 Å². The molecule has 0 aromatic rings. The number of amides is 2. The molecule has 4 rings (SSSR count). The fourth-order valence-electron chi connectivity index (χ4n) is 3.89. The van der Waals surface area contributed by atoms with E-state index in [1.54, 1.807) is 36.0 Å². The third kappa shape index (κ3) is 5.49. The molecular formula is C22H32N4O8. The molecule has 0 radical (unpaired) electrons. The van der Waals surface area contributed by atoms with E-state index in [4.69, 9.17) is 19.7 Å². The van der Waals surface area contributed by atoms with Crippen molar-refractivity contribution in [1.82, 2.24) is 20.4 Å². The molecule has 0 aromatic carbocycles. The number of aliphatic hydroxyl groups excluding tert-OH is 4. The van der Waals surface area contributed by atoms with E-state index in [1.807, 2.05) is 0 Å². The van der Waals surface area contributed by atoms with Crippen LogP contribution in [-0.2, 0) is 19.1 Å². The summed E-state index contributed by atoms with van der Waals surface area (Å²) in [6.45, 7) is 10.4. The van der Waals surface area contributed by atoms with Crippen LogP contribution in [0, 0.1) is 0 Å². The molecule has 2 fully saturated rings. The lowest BCUT2D eigenvalue weighted by atomic mass is 10.2. The van der Waals surface area contributed by atoms with Crippen molar-refractivity contribution in [2.24, 2.45) is 0 Å². The number of nitrogens with zero attached hydrogens (tertiary/aromatic N) is 2. The predicted octanol–water partition coefficient (Wildman–Crippen LogP) is -1.48. The summed E-state index contributed by atoms with van der Waals surface area (Å²) in [5.74, 6) is 0.444. The summed E-state index contributed by atoms with van der Waals surface area (Å²) in [4.78, 5) is 26.0. The molecule has 0 unspecified atom stereocenters. The molecular weight excluding hydrogens is 460 g/mol. The first-order chi connectivity index (χ1) is 16.0. The highest BCUT2D eigenvalue weighted by Gasteiger charge is 2.39. The summed E-state index contributed by atoms with van der Waals surface area (Å²) < 4.78 is 11.0. The largest absolute Gasteiger partial charge is 0.394 e. The lowest BCUT2D eigenvalue weighted by molar-refractivity contribution is -0.119. The van der Waals surface area contributed by atoms with Crippen LogP contribution in [0.5, 0.6) is 0 Å². The zero-order valence-electron chi connectivity index (χ0n) is 19.2. The van der Waals surface area contributed by atoms with Gasteiger partial charge in [0.05, 0.1) is 25.4 Å². The number of aliphatic hydroxyl groups is 4. The smallest absolute Gasteiger partial charge is 0.253 e. The van der Waals surface area contributed by atoms with Crippen molar-refractivity contribution >= 4 is 11.8 Å². The minimum Gasteiger partial charge on any atom is -0.394 e. The SMILES string of the molecule is C=C1NC(=[18O])C(C)=CN1[C@H]1C[C@@H]([18OH])[C@@H](C[18OH])O1.C=C1NC(=[18O])C(C)=CN1[C@H]1C[C@@H]([18OH])[C@@H](C[18OH])O1. The van der Waals surface area contributed by atoms with Crippen molar-refractivity contribution < 1.29 is 39.5 Å². The summed E-state index contributed by atoms with van der Waals surface area (Å²) in [7, 11) is 0. The lowest BCUT2D eigenvalue weighted by Crippen LogP contribution is -2.42. The van der Waals surface area contributed by atoms with Gasteiger partial charge in [0.15, 0.2) is 0 Å². The van der Waals surface area contributed by atoms with Gasteiger partial charge in [0.25, 0.3) is 11.8 Å². The average molecular weight is 493 g/mol. The van der Waals surface area contributed by atoms with Crippen LogP contribution in [0.15, 0.2) is 48.3 Å². The van der Waals surface area contributed by atoms with Gasteiger partial charge in [-0.15, -0.1) is 0 Å². The Kier molecular flexibility index (Phi) is 8.13. The van der Waals surface area contributed by atoms with E-state index in [0.717, 1.165) is 0 Å². The highest BCUT2D eigenvalue weighted by molar-refractivity contribution is 5.95. The number of ether oxygens (including phenoxy) is 2. The van der Waals surface area contributed by atoms with Gasteiger partial charge in [-0.25, -0.2) is 0 Å². The van der Waals surface area contributed by atoms with E-state index >= 15 is 0 Å². The molecule has 12 nitrogen and oxygen atoms in total. The second-order valence-electron chi connectivity index (χ2n) is 8.47. The maximum Gasteiger partial charge on any atom is 0.253 e. The van der Waals surface area contributed by atoms with Crippen molar-refractivity contribution in [2.45, 2.75) is 63.6 Å². The minimum absolute atomic E-state index is 0.191. The molecule has 188 valence electrons. The Labute approximate surface area is 197 Å². The first-order valence-electron chi connectivity index (χ1n) is 10.9. The zero-order valence-corrected chi connectivity index (χ0v) is 19.2. The number of hydrogen-bond donors (Lipinski definition) is 6. The van der Waals surface area contributed by atoms with Crippen molar-refractivity contribution in [3.05, 3.63) is 48.3 Å². The van der Waals surface area contributed by atoms with Crippen LogP contribution < -0.4 is 10.6 Å². The summed E-state index contributed by atoms with van der Waals surface area (Å²) in [6, 6.07) is 0. The van der Waals surface area contributed by atoms with Crippen molar-refractivity contribution in [1.29, 1.82) is 0 Å². The van der Waals surface area contributed by atoms with Crippen LogP contribution in [0.3, 0.4) is 0 Å². The Hall–Kier alpha value is -2.74. The van der Waals surface area contributed by atoms with Gasteiger partial charge in [-0.05, 0) is 13.8 Å². The summed E-state index contributed by atoms with van der Waals surface area (Å²) in [6.07, 6.45) is 0.603. The molecule has 0 bridgehead atoms. The van der Waals surface area contributed by atoms with Crippen molar-refractivity contribution in [3.63, 3.8) is 0 Å². The Morgan fingerprint density at radius 3 is 1.50 bits per heavy atom. The third-order valence-electron chi connectivity index (χ3n) is 5.91. The molecule has 0 aliphatic carbocycles. The number of nitrogens with one attached hydrogen (secondary N) is 2. The number of rotatable bonds is 4. The topological polar surface area (TPSA) is 164 Å². The standard InChI is InChI=1S/2C11H16N2O4/c2*1-6-4-13(7(2)12-11(6)16)10-3-8(15)9(5-14)17-10/h2*4,8-10,14-15H,2-3,5H2,1H3,(H,12,16)/t2*8-,9-,10-/m11/s1/i2*14+2,15+2,16+2. The second-order valence-corrected chi connectivity index (χ2v) is 8.47. The summed E-state index contributed by atoms with van der Waals surface area (Å²) in [5.41, 5.74) is 1.09. The van der Waals surface area contributed by atoms with Crippen LogP contribution in [0.4, 0.5) is 0 Å². The van der Waals surface area contributed by atoms with Crippen LogP contribution >= 0.6 is 0 Å². The van der Waals surface area contributed by atoms with Crippen molar-refractivity contribution in [3.8, 4) is 0 Å². The first-order valence-corrected chi connectivity index (χ1v) is 10.9. The number of carbonyl (C=O) groups is 2. The fraction of sp³-hybridized carbons (Fsp3) is 0.545. The normalized spacial score (nSPS) is 33.7. The van der Waals surface area contributed by atoms with Crippen molar-refractivity contribution in [2.75, 3.05) is 13.2 Å². The monoisotopic (exact) mass is 492 g/mol. The quantitative estimate of drug-likeness (QED) is 0.255. The minimum atomic E-state index is -0.705. The van der Waals surface area contributed by atoms with Gasteiger partial charge in [0.1, 0.15) is 36.3 Å². The van der Waals surface area contributed by atoms with E-state index in [0.29, 0.717) is 35.6 Å². The average Bonchev–Trinajstić information content (AvgIpc) is 3.35. The fourth-order valence-corrected chi connectivity index (χ4v) is 3.89. The zero-order chi connectivity index (χ0) is 25.2. The number of hydrogen-bond acceptors (Lipinski definition) is 10. The molecule has 2 saturated heterocycles. The lowest BCUT2D eigenvalue weighted by Gasteiger charge is -2.32. The van der Waals surface area contributed by atoms with Crippen LogP contribution in [-0.4, -0.2) is 92.1 Å². The van der Waals surface area contributed by atoms with Gasteiger partial charge < -0.3 is 50.3 Å². The van der Waals surface area contributed by atoms with Crippen LogP contribution in [0.25, 0.3) is 0 Å². The molecule has 0 aromatic heterocycles. The molecule has 4 heterocycles. The molecule has 0 spiro atoms. The summed E-state index contributed by atoms with van der Waals surface area (Å²) in [5, 5.41) is 42.5. The van der Waals surface area contributed by atoms with Gasteiger partial charge >= 0.3 is 0 Å². The predicted molar refractivity (Wildman–Crippen MR) is 118 cm³/mol. The molecule has 34 heavy (non-hydrogen) atoms. The molecule has 0 saturated carbocycles. The maximum absolute atomic E-state index is 11.4. The summed E-state index contributed by atoms with van der Waals surface area (Å²) >= 11 is 0. The Morgan fingerprint density at radius 2 is 1.21 bits per heavy atom. The Bertz CT molecular complexity index is 831. The molecule has 6 atom stereocenters. The van der Waals surface area contributed by atoms with E-state index in [9.17, 15) is 19.8 Å². The van der Waals surface area contributed by atoms with E-state index < -0.39 is 36.9 Å². The van der Waals surface area contributed by atoms with E-state index in [-0.39, 0.29) is 25.0 Å². The van der Waals surface area contributed by atoms with Crippen LogP contribution in [0.2, 0.25) is 0 Å².